The highest BCUT2D eigenvalue weighted by Crippen LogP contribution is 2.21. The van der Waals surface area contributed by atoms with E-state index in [1.807, 2.05) is 29.1 Å². The molecule has 0 saturated carbocycles. The van der Waals surface area contributed by atoms with E-state index in [9.17, 15) is 5.11 Å². The van der Waals surface area contributed by atoms with Crippen molar-refractivity contribution in [1.82, 2.24) is 9.78 Å². The largest absolute Gasteiger partial charge is 0.388 e. The van der Waals surface area contributed by atoms with Crippen molar-refractivity contribution >= 4 is 11.6 Å². The molecule has 1 aromatic heterocycles. The van der Waals surface area contributed by atoms with Gasteiger partial charge in [-0.2, -0.15) is 5.10 Å². The minimum atomic E-state index is -0.570. The van der Waals surface area contributed by atoms with Gasteiger partial charge < -0.3 is 5.11 Å². The van der Waals surface area contributed by atoms with Crippen molar-refractivity contribution in [3.8, 4) is 0 Å². The van der Waals surface area contributed by atoms with Crippen molar-refractivity contribution < 1.29 is 5.11 Å². The first-order valence-electron chi connectivity index (χ1n) is 6.57. The molecule has 0 aliphatic rings. The van der Waals surface area contributed by atoms with Crippen LogP contribution in [-0.4, -0.2) is 14.9 Å². The molecule has 0 fully saturated rings. The summed E-state index contributed by atoms with van der Waals surface area (Å²) in [4.78, 5) is 0. The third-order valence-corrected chi connectivity index (χ3v) is 3.58. The van der Waals surface area contributed by atoms with Gasteiger partial charge in [-0.3, -0.25) is 4.68 Å². The van der Waals surface area contributed by atoms with Crippen LogP contribution in [0, 0.1) is 0 Å². The Labute approximate surface area is 118 Å². The van der Waals surface area contributed by atoms with Gasteiger partial charge in [-0.1, -0.05) is 30.7 Å². The quantitative estimate of drug-likeness (QED) is 0.904. The molecule has 2 atom stereocenters. The van der Waals surface area contributed by atoms with E-state index < -0.39 is 6.10 Å². The minimum Gasteiger partial charge on any atom is -0.388 e. The molecule has 0 bridgehead atoms. The van der Waals surface area contributed by atoms with Crippen molar-refractivity contribution in [2.75, 3.05) is 0 Å². The van der Waals surface area contributed by atoms with E-state index >= 15 is 0 Å². The molecule has 0 aliphatic heterocycles. The van der Waals surface area contributed by atoms with E-state index in [-0.39, 0.29) is 0 Å². The highest BCUT2D eigenvalue weighted by molar-refractivity contribution is 6.30. The summed E-state index contributed by atoms with van der Waals surface area (Å²) in [6.45, 7) is 4.26. The van der Waals surface area contributed by atoms with Crippen LogP contribution >= 0.6 is 11.6 Å². The molecule has 1 aromatic carbocycles. The number of nitrogens with zero attached hydrogens (tertiary/aromatic N) is 2. The number of aliphatic hydroxyl groups is 1. The van der Waals surface area contributed by atoms with Gasteiger partial charge in [-0.05, 0) is 37.1 Å². The van der Waals surface area contributed by atoms with Gasteiger partial charge in [-0.25, -0.2) is 0 Å². The van der Waals surface area contributed by atoms with Crippen LogP contribution in [0.15, 0.2) is 36.5 Å². The summed E-state index contributed by atoms with van der Waals surface area (Å²) in [5.41, 5.74) is 1.72. The van der Waals surface area contributed by atoms with Crippen molar-refractivity contribution in [2.24, 2.45) is 0 Å². The molecular weight excluding hydrogens is 260 g/mol. The maximum Gasteiger partial charge on any atom is 0.0846 e. The summed E-state index contributed by atoms with van der Waals surface area (Å²) in [6.07, 6.45) is 2.94. The molecular formula is C15H19ClN2O. The maximum absolute atomic E-state index is 10.2. The summed E-state index contributed by atoms with van der Waals surface area (Å²) in [6, 6.07) is 9.66. The van der Waals surface area contributed by atoms with Crippen LogP contribution in [0.25, 0.3) is 0 Å². The predicted octanol–water partition coefficient (Wildman–Crippen LogP) is 3.78. The summed E-state index contributed by atoms with van der Waals surface area (Å²) < 4.78 is 1.94. The van der Waals surface area contributed by atoms with Crippen LogP contribution in [0.1, 0.15) is 43.7 Å². The zero-order valence-electron chi connectivity index (χ0n) is 11.3. The van der Waals surface area contributed by atoms with Gasteiger partial charge in [-0.15, -0.1) is 0 Å². The fraction of sp³-hybridized carbons (Fsp3) is 0.400. The SMILES string of the molecule is CCC(C)n1ccc(CC(O)c2cccc(Cl)c2)n1. The summed E-state index contributed by atoms with van der Waals surface area (Å²) in [5.74, 6) is 0. The first kappa shape index (κ1) is 14.1. The Kier molecular flexibility index (Phi) is 4.61. The van der Waals surface area contributed by atoms with Crippen LogP contribution in [0.3, 0.4) is 0 Å². The molecule has 1 heterocycles. The van der Waals surface area contributed by atoms with Crippen molar-refractivity contribution in [1.29, 1.82) is 0 Å². The molecule has 0 amide bonds. The molecule has 2 rings (SSSR count). The van der Waals surface area contributed by atoms with Crippen LogP contribution in [0.4, 0.5) is 0 Å². The van der Waals surface area contributed by atoms with Crippen molar-refractivity contribution in [2.45, 2.75) is 38.8 Å². The van der Waals surface area contributed by atoms with Gasteiger partial charge in [0.2, 0.25) is 0 Å². The fourth-order valence-corrected chi connectivity index (χ4v) is 2.15. The lowest BCUT2D eigenvalue weighted by Crippen LogP contribution is -2.07. The molecule has 102 valence electrons. The minimum absolute atomic E-state index is 0.386. The van der Waals surface area contributed by atoms with E-state index in [0.29, 0.717) is 17.5 Å². The Morgan fingerprint density at radius 3 is 2.84 bits per heavy atom. The Morgan fingerprint density at radius 1 is 1.37 bits per heavy atom. The van der Waals surface area contributed by atoms with Gasteiger partial charge in [0.15, 0.2) is 0 Å². The van der Waals surface area contributed by atoms with E-state index in [2.05, 4.69) is 18.9 Å². The number of hydrogen-bond donors (Lipinski definition) is 1. The van der Waals surface area contributed by atoms with Gasteiger partial charge >= 0.3 is 0 Å². The van der Waals surface area contributed by atoms with Gasteiger partial charge in [0.1, 0.15) is 0 Å². The van der Waals surface area contributed by atoms with Crippen molar-refractivity contribution in [3.63, 3.8) is 0 Å². The number of benzene rings is 1. The van der Waals surface area contributed by atoms with Gasteiger partial charge in [0.25, 0.3) is 0 Å². The van der Waals surface area contributed by atoms with Crippen LogP contribution in [-0.2, 0) is 6.42 Å². The van der Waals surface area contributed by atoms with Crippen LogP contribution in [0.2, 0.25) is 5.02 Å². The number of rotatable bonds is 5. The highest BCUT2D eigenvalue weighted by Gasteiger charge is 2.12. The third kappa shape index (κ3) is 3.58. The number of hydrogen-bond acceptors (Lipinski definition) is 2. The first-order chi connectivity index (χ1) is 9.10. The highest BCUT2D eigenvalue weighted by atomic mass is 35.5. The Bertz CT molecular complexity index is 538. The fourth-order valence-electron chi connectivity index (χ4n) is 1.95. The van der Waals surface area contributed by atoms with E-state index in [1.165, 1.54) is 0 Å². The molecule has 0 spiro atoms. The Morgan fingerprint density at radius 2 is 2.16 bits per heavy atom. The lowest BCUT2D eigenvalue weighted by atomic mass is 10.1. The third-order valence-electron chi connectivity index (χ3n) is 3.34. The monoisotopic (exact) mass is 278 g/mol. The van der Waals surface area contributed by atoms with Crippen LogP contribution in [0.5, 0.6) is 0 Å². The Hall–Kier alpha value is -1.32. The molecule has 4 heteroatoms. The van der Waals surface area contributed by atoms with Crippen molar-refractivity contribution in [3.05, 3.63) is 52.8 Å². The average Bonchev–Trinajstić information content (AvgIpc) is 2.86. The number of aromatic nitrogens is 2. The zero-order valence-corrected chi connectivity index (χ0v) is 12.0. The second-order valence-corrected chi connectivity index (χ2v) is 5.26. The molecule has 0 saturated heterocycles. The normalized spacial score (nSPS) is 14.3. The molecule has 3 nitrogen and oxygen atoms in total. The second kappa shape index (κ2) is 6.22. The molecule has 0 radical (unpaired) electrons. The predicted molar refractivity (Wildman–Crippen MR) is 77.3 cm³/mol. The number of halogens is 1. The lowest BCUT2D eigenvalue weighted by molar-refractivity contribution is 0.177. The summed E-state index contributed by atoms with van der Waals surface area (Å²) >= 11 is 5.93. The summed E-state index contributed by atoms with van der Waals surface area (Å²) in [5, 5.41) is 15.3. The molecule has 19 heavy (non-hydrogen) atoms. The second-order valence-electron chi connectivity index (χ2n) is 4.82. The van der Waals surface area contributed by atoms with Crippen LogP contribution < -0.4 is 0 Å². The number of aliphatic hydroxyl groups excluding tert-OH is 1. The first-order valence-corrected chi connectivity index (χ1v) is 6.95. The average molecular weight is 279 g/mol. The molecule has 2 aromatic rings. The standard InChI is InChI=1S/C15H19ClN2O/c1-3-11(2)18-8-7-14(17-18)10-15(19)12-5-4-6-13(16)9-12/h4-9,11,15,19H,3,10H2,1-2H3. The van der Waals surface area contributed by atoms with Gasteiger partial charge in [0.05, 0.1) is 11.8 Å². The van der Waals surface area contributed by atoms with E-state index in [0.717, 1.165) is 17.7 Å². The molecule has 2 unspecified atom stereocenters. The Balaban J connectivity index is 2.06. The topological polar surface area (TPSA) is 38.0 Å². The summed E-state index contributed by atoms with van der Waals surface area (Å²) in [7, 11) is 0. The van der Waals surface area contributed by atoms with E-state index in [4.69, 9.17) is 11.6 Å². The van der Waals surface area contributed by atoms with Gasteiger partial charge in [0, 0.05) is 23.7 Å². The van der Waals surface area contributed by atoms with E-state index in [1.54, 1.807) is 12.1 Å². The molecule has 1 N–H and O–H groups in total. The zero-order chi connectivity index (χ0) is 13.8. The smallest absolute Gasteiger partial charge is 0.0846 e. The maximum atomic E-state index is 10.2. The molecule has 0 aliphatic carbocycles. The lowest BCUT2D eigenvalue weighted by Gasteiger charge is -2.11.